The third-order valence-electron chi connectivity index (χ3n) is 3.42. The van der Waals surface area contributed by atoms with Crippen molar-refractivity contribution in [3.8, 4) is 5.75 Å². The minimum absolute atomic E-state index is 0.0822. The number of rotatable bonds is 6. The molecule has 0 unspecified atom stereocenters. The molecule has 2 aromatic rings. The first kappa shape index (κ1) is 18.0. The van der Waals surface area contributed by atoms with Crippen molar-refractivity contribution in [1.82, 2.24) is 5.43 Å². The van der Waals surface area contributed by atoms with E-state index in [1.807, 2.05) is 37.3 Å². The summed E-state index contributed by atoms with van der Waals surface area (Å²) in [6.45, 7) is 6.09. The third-order valence-corrected chi connectivity index (χ3v) is 3.67. The Kier molecular flexibility index (Phi) is 6.38. The highest BCUT2D eigenvalue weighted by molar-refractivity contribution is 6.30. The number of amides is 1. The lowest BCUT2D eigenvalue weighted by Crippen LogP contribution is -2.25. The van der Waals surface area contributed by atoms with Crippen LogP contribution in [0.15, 0.2) is 47.6 Å². The van der Waals surface area contributed by atoms with E-state index >= 15 is 0 Å². The van der Waals surface area contributed by atoms with E-state index in [1.165, 1.54) is 0 Å². The van der Waals surface area contributed by atoms with Gasteiger partial charge in [-0.15, -0.1) is 0 Å². The van der Waals surface area contributed by atoms with Crippen molar-refractivity contribution in [3.05, 3.63) is 64.2 Å². The van der Waals surface area contributed by atoms with E-state index in [1.54, 1.807) is 18.3 Å². The van der Waals surface area contributed by atoms with Gasteiger partial charge in [-0.2, -0.15) is 5.10 Å². The summed E-state index contributed by atoms with van der Waals surface area (Å²) < 4.78 is 5.66. The van der Waals surface area contributed by atoms with Crippen molar-refractivity contribution in [3.63, 3.8) is 0 Å². The van der Waals surface area contributed by atoms with Crippen molar-refractivity contribution in [2.24, 2.45) is 5.10 Å². The van der Waals surface area contributed by atoms with Gasteiger partial charge in [0.15, 0.2) is 6.61 Å². The van der Waals surface area contributed by atoms with E-state index in [2.05, 4.69) is 24.4 Å². The summed E-state index contributed by atoms with van der Waals surface area (Å²) >= 11 is 5.81. The van der Waals surface area contributed by atoms with E-state index in [-0.39, 0.29) is 12.5 Å². The van der Waals surface area contributed by atoms with Gasteiger partial charge < -0.3 is 4.74 Å². The molecule has 0 aliphatic rings. The molecule has 126 valence electrons. The molecule has 5 heteroatoms. The number of nitrogens with zero attached hydrogens (tertiary/aromatic N) is 1. The summed E-state index contributed by atoms with van der Waals surface area (Å²) in [6.07, 6.45) is 1.56. The van der Waals surface area contributed by atoms with Gasteiger partial charge in [-0.05, 0) is 47.7 Å². The smallest absolute Gasteiger partial charge is 0.277 e. The number of hydrogen-bond acceptors (Lipinski definition) is 3. The van der Waals surface area contributed by atoms with Crippen LogP contribution in [0.5, 0.6) is 5.75 Å². The van der Waals surface area contributed by atoms with Gasteiger partial charge in [0.05, 0.1) is 6.21 Å². The quantitative estimate of drug-likeness (QED) is 0.627. The predicted molar refractivity (Wildman–Crippen MR) is 98.0 cm³/mol. The zero-order valence-corrected chi connectivity index (χ0v) is 14.8. The first-order valence-electron chi connectivity index (χ1n) is 7.76. The van der Waals surface area contributed by atoms with Gasteiger partial charge in [-0.1, -0.05) is 49.7 Å². The molecule has 1 amide bonds. The highest BCUT2D eigenvalue weighted by Crippen LogP contribution is 2.27. The Morgan fingerprint density at radius 3 is 2.62 bits per heavy atom. The Morgan fingerprint density at radius 1 is 1.25 bits per heavy atom. The van der Waals surface area contributed by atoms with Crippen LogP contribution in [0.4, 0.5) is 0 Å². The summed E-state index contributed by atoms with van der Waals surface area (Å²) in [5.74, 6) is 0.754. The summed E-state index contributed by atoms with van der Waals surface area (Å²) in [5, 5.41) is 4.57. The number of benzene rings is 2. The van der Waals surface area contributed by atoms with Crippen LogP contribution in [-0.4, -0.2) is 18.7 Å². The number of carbonyl (C=O) groups is 1. The second-order valence-corrected chi connectivity index (χ2v) is 6.27. The number of hydrazone groups is 1. The third kappa shape index (κ3) is 5.39. The number of hydrogen-bond donors (Lipinski definition) is 1. The molecular weight excluding hydrogens is 324 g/mol. The average molecular weight is 345 g/mol. The SMILES string of the molecule is Cc1ccc(C(C)C)c(OCC(=O)N/N=C\c2ccc(Cl)cc2)c1. The topological polar surface area (TPSA) is 50.7 Å². The van der Waals surface area contributed by atoms with Crippen LogP contribution in [0.3, 0.4) is 0 Å². The van der Waals surface area contributed by atoms with Gasteiger partial charge in [0.25, 0.3) is 5.91 Å². The zero-order valence-electron chi connectivity index (χ0n) is 14.0. The van der Waals surface area contributed by atoms with E-state index in [0.29, 0.717) is 10.9 Å². The highest BCUT2D eigenvalue weighted by atomic mass is 35.5. The molecule has 0 saturated heterocycles. The van der Waals surface area contributed by atoms with E-state index in [0.717, 1.165) is 22.4 Å². The fraction of sp³-hybridized carbons (Fsp3) is 0.263. The summed E-state index contributed by atoms with van der Waals surface area (Å²) in [5.41, 5.74) is 5.48. The molecule has 0 atom stereocenters. The molecule has 0 bridgehead atoms. The maximum Gasteiger partial charge on any atom is 0.277 e. The molecule has 0 fully saturated rings. The maximum absolute atomic E-state index is 11.9. The lowest BCUT2D eigenvalue weighted by Gasteiger charge is -2.14. The fourth-order valence-corrected chi connectivity index (χ4v) is 2.27. The normalized spacial score (nSPS) is 11.0. The zero-order chi connectivity index (χ0) is 17.5. The maximum atomic E-state index is 11.9. The minimum atomic E-state index is -0.309. The lowest BCUT2D eigenvalue weighted by atomic mass is 10.0. The van der Waals surface area contributed by atoms with Crippen LogP contribution >= 0.6 is 11.6 Å². The molecule has 4 nitrogen and oxygen atoms in total. The van der Waals surface area contributed by atoms with Crippen molar-refractivity contribution >= 4 is 23.7 Å². The van der Waals surface area contributed by atoms with Crippen LogP contribution in [-0.2, 0) is 4.79 Å². The molecule has 1 N–H and O–H groups in total. The van der Waals surface area contributed by atoms with Crippen LogP contribution < -0.4 is 10.2 Å². The first-order valence-corrected chi connectivity index (χ1v) is 8.14. The molecule has 0 aromatic heterocycles. The van der Waals surface area contributed by atoms with Crippen molar-refractivity contribution < 1.29 is 9.53 Å². The molecule has 0 saturated carbocycles. The number of aryl methyl sites for hydroxylation is 1. The Labute approximate surface area is 147 Å². The molecular formula is C19H21ClN2O2. The van der Waals surface area contributed by atoms with Gasteiger partial charge in [0.1, 0.15) is 5.75 Å². The lowest BCUT2D eigenvalue weighted by molar-refractivity contribution is -0.123. The van der Waals surface area contributed by atoms with Crippen LogP contribution in [0.2, 0.25) is 5.02 Å². The molecule has 2 rings (SSSR count). The van der Waals surface area contributed by atoms with E-state index in [9.17, 15) is 4.79 Å². The number of halogens is 1. The molecule has 0 radical (unpaired) electrons. The van der Waals surface area contributed by atoms with Crippen molar-refractivity contribution in [1.29, 1.82) is 0 Å². The monoisotopic (exact) mass is 344 g/mol. The van der Waals surface area contributed by atoms with Crippen LogP contribution in [0, 0.1) is 6.92 Å². The summed E-state index contributed by atoms with van der Waals surface area (Å²) in [6, 6.07) is 13.2. The predicted octanol–water partition coefficient (Wildman–Crippen LogP) is 4.30. The molecule has 0 aliphatic carbocycles. The number of carbonyl (C=O) groups excluding carboxylic acids is 1. The van der Waals surface area contributed by atoms with Gasteiger partial charge in [-0.25, -0.2) is 5.43 Å². The van der Waals surface area contributed by atoms with Crippen LogP contribution in [0.25, 0.3) is 0 Å². The van der Waals surface area contributed by atoms with Gasteiger partial charge >= 0.3 is 0 Å². The standard InChI is InChI=1S/C19H21ClN2O2/c1-13(2)17-9-4-14(3)10-18(17)24-12-19(23)22-21-11-15-5-7-16(20)8-6-15/h4-11,13H,12H2,1-3H3,(H,22,23)/b21-11-. The van der Waals surface area contributed by atoms with Crippen LogP contribution in [0.1, 0.15) is 36.5 Å². The van der Waals surface area contributed by atoms with E-state index in [4.69, 9.17) is 16.3 Å². The second kappa shape index (κ2) is 8.50. The molecule has 0 aliphatic heterocycles. The summed E-state index contributed by atoms with van der Waals surface area (Å²) in [7, 11) is 0. The first-order chi connectivity index (χ1) is 11.5. The second-order valence-electron chi connectivity index (χ2n) is 5.83. The number of ether oxygens (including phenoxy) is 1. The molecule has 0 heterocycles. The Bertz CT molecular complexity index is 725. The largest absolute Gasteiger partial charge is 0.483 e. The summed E-state index contributed by atoms with van der Waals surface area (Å²) in [4.78, 5) is 11.9. The Hall–Kier alpha value is -2.33. The number of nitrogens with one attached hydrogen (secondary N) is 1. The average Bonchev–Trinajstić information content (AvgIpc) is 2.54. The van der Waals surface area contributed by atoms with E-state index < -0.39 is 0 Å². The van der Waals surface area contributed by atoms with Crippen molar-refractivity contribution in [2.75, 3.05) is 6.61 Å². The Balaban J connectivity index is 1.89. The molecule has 0 spiro atoms. The minimum Gasteiger partial charge on any atom is -0.483 e. The molecule has 2 aromatic carbocycles. The highest BCUT2D eigenvalue weighted by Gasteiger charge is 2.09. The van der Waals surface area contributed by atoms with Gasteiger partial charge in [0, 0.05) is 5.02 Å². The van der Waals surface area contributed by atoms with Crippen molar-refractivity contribution in [2.45, 2.75) is 26.7 Å². The fourth-order valence-electron chi connectivity index (χ4n) is 2.15. The Morgan fingerprint density at radius 2 is 1.96 bits per heavy atom. The molecule has 24 heavy (non-hydrogen) atoms. The van der Waals surface area contributed by atoms with Gasteiger partial charge in [0.2, 0.25) is 0 Å². The van der Waals surface area contributed by atoms with Gasteiger partial charge in [-0.3, -0.25) is 4.79 Å².